The fourth-order valence-electron chi connectivity index (χ4n) is 5.00. The summed E-state index contributed by atoms with van der Waals surface area (Å²) < 4.78 is 2.79. The Morgan fingerprint density at radius 1 is 0.571 bits per heavy atom. The zero-order valence-electron chi connectivity index (χ0n) is 15.2. The van der Waals surface area contributed by atoms with Crippen molar-refractivity contribution in [3.63, 3.8) is 0 Å². The first-order valence-electron chi connectivity index (χ1n) is 9.75. The average Bonchev–Trinajstić information content (AvgIpc) is 3.29. The lowest BCUT2D eigenvalue weighted by atomic mass is 9.96. The molecule has 1 heteroatoms. The van der Waals surface area contributed by atoms with Crippen LogP contribution in [0, 0.1) is 0 Å². The molecular weight excluding hydrogens is 356 g/mol. The molecule has 0 amide bonds. The minimum Gasteiger partial charge on any atom is -0.135 e. The van der Waals surface area contributed by atoms with Gasteiger partial charge in [-0.05, 0) is 68.4 Å². The van der Waals surface area contributed by atoms with E-state index in [1.165, 1.54) is 64.0 Å². The Labute approximate surface area is 166 Å². The van der Waals surface area contributed by atoms with Gasteiger partial charge in [0.15, 0.2) is 0 Å². The molecule has 0 saturated heterocycles. The molecule has 0 atom stereocenters. The topological polar surface area (TPSA) is 0 Å². The SMILES string of the molecule is c1ccc2c3c(ccc2c1)Cc1cc2sc4ccc5ccccc5c4c2cc1-3. The molecule has 0 fully saturated rings. The third-order valence-electron chi connectivity index (χ3n) is 6.25. The third-order valence-corrected chi connectivity index (χ3v) is 7.37. The van der Waals surface area contributed by atoms with Crippen molar-refractivity contribution in [1.82, 2.24) is 0 Å². The maximum atomic E-state index is 2.47. The Kier molecular flexibility index (Phi) is 2.76. The Hall–Kier alpha value is -3.16. The fourth-order valence-corrected chi connectivity index (χ4v) is 6.17. The van der Waals surface area contributed by atoms with Gasteiger partial charge in [-0.25, -0.2) is 0 Å². The van der Waals surface area contributed by atoms with Crippen molar-refractivity contribution in [2.75, 3.05) is 0 Å². The number of benzene rings is 5. The van der Waals surface area contributed by atoms with Gasteiger partial charge < -0.3 is 0 Å². The highest BCUT2D eigenvalue weighted by Crippen LogP contribution is 2.46. The highest BCUT2D eigenvalue weighted by Gasteiger charge is 2.22. The van der Waals surface area contributed by atoms with Crippen molar-refractivity contribution in [2.24, 2.45) is 0 Å². The molecule has 0 nitrogen and oxygen atoms in total. The maximum Gasteiger partial charge on any atom is 0.0361 e. The van der Waals surface area contributed by atoms with E-state index in [0.29, 0.717) is 0 Å². The molecule has 7 rings (SSSR count). The Morgan fingerprint density at radius 2 is 1.32 bits per heavy atom. The van der Waals surface area contributed by atoms with Crippen LogP contribution in [0.2, 0.25) is 0 Å². The first-order valence-corrected chi connectivity index (χ1v) is 10.6. The Balaban J connectivity index is 1.64. The summed E-state index contributed by atoms with van der Waals surface area (Å²) in [5.41, 5.74) is 5.79. The van der Waals surface area contributed by atoms with E-state index in [9.17, 15) is 0 Å². The van der Waals surface area contributed by atoms with Gasteiger partial charge in [-0.3, -0.25) is 0 Å². The second kappa shape index (κ2) is 5.21. The number of hydrogen-bond donors (Lipinski definition) is 0. The zero-order valence-corrected chi connectivity index (χ0v) is 16.0. The lowest BCUT2D eigenvalue weighted by Gasteiger charge is -2.07. The summed E-state index contributed by atoms with van der Waals surface area (Å²) >= 11 is 1.92. The summed E-state index contributed by atoms with van der Waals surface area (Å²) in [6, 6.07) is 31.6. The van der Waals surface area contributed by atoms with Gasteiger partial charge in [0, 0.05) is 20.2 Å². The zero-order chi connectivity index (χ0) is 18.2. The Bertz CT molecular complexity index is 1580. The molecule has 0 N–H and O–H groups in total. The van der Waals surface area contributed by atoms with E-state index in [1.54, 1.807) is 0 Å². The van der Waals surface area contributed by atoms with Crippen LogP contribution >= 0.6 is 11.3 Å². The van der Waals surface area contributed by atoms with Crippen LogP contribution in [0.25, 0.3) is 52.8 Å². The van der Waals surface area contributed by atoms with Gasteiger partial charge >= 0.3 is 0 Å². The van der Waals surface area contributed by atoms with Crippen molar-refractivity contribution < 1.29 is 0 Å². The smallest absolute Gasteiger partial charge is 0.0361 e. The van der Waals surface area contributed by atoms with Crippen LogP contribution in [0.5, 0.6) is 0 Å². The molecular formula is C27H16S. The number of hydrogen-bond acceptors (Lipinski definition) is 1. The van der Waals surface area contributed by atoms with Crippen LogP contribution in [0.4, 0.5) is 0 Å². The maximum absolute atomic E-state index is 2.47. The standard InChI is InChI=1S/C27H16S/c1-3-7-20-16(5-1)9-10-18-13-19-14-25-23(15-22(19)26(18)20)27-21-8-4-2-6-17(21)11-12-24(27)28-25/h1-12,14-15H,13H2. The number of fused-ring (bicyclic) bond motifs is 10. The lowest BCUT2D eigenvalue weighted by Crippen LogP contribution is -1.82. The largest absolute Gasteiger partial charge is 0.135 e. The van der Waals surface area contributed by atoms with Crippen LogP contribution in [0.3, 0.4) is 0 Å². The second-order valence-electron chi connectivity index (χ2n) is 7.77. The monoisotopic (exact) mass is 372 g/mol. The van der Waals surface area contributed by atoms with Crippen LogP contribution in [-0.4, -0.2) is 0 Å². The summed E-state index contributed by atoms with van der Waals surface area (Å²) in [6.45, 7) is 0. The van der Waals surface area contributed by atoms with Crippen LogP contribution in [0.1, 0.15) is 11.1 Å². The Morgan fingerprint density at radius 3 is 2.21 bits per heavy atom. The molecule has 1 aliphatic carbocycles. The number of thiophene rings is 1. The molecule has 0 aliphatic heterocycles. The van der Waals surface area contributed by atoms with Crippen molar-refractivity contribution in [2.45, 2.75) is 6.42 Å². The molecule has 1 aliphatic rings. The van der Waals surface area contributed by atoms with Gasteiger partial charge in [0.1, 0.15) is 0 Å². The summed E-state index contributed by atoms with van der Waals surface area (Å²) in [5.74, 6) is 0. The highest BCUT2D eigenvalue weighted by atomic mass is 32.1. The number of rotatable bonds is 0. The lowest BCUT2D eigenvalue weighted by molar-refractivity contribution is 1.27. The van der Waals surface area contributed by atoms with Crippen LogP contribution in [-0.2, 0) is 6.42 Å². The van der Waals surface area contributed by atoms with Gasteiger partial charge in [0.25, 0.3) is 0 Å². The van der Waals surface area contributed by atoms with Crippen molar-refractivity contribution in [3.8, 4) is 11.1 Å². The second-order valence-corrected chi connectivity index (χ2v) is 8.85. The van der Waals surface area contributed by atoms with Gasteiger partial charge in [-0.1, -0.05) is 66.7 Å². The minimum absolute atomic E-state index is 1.04. The van der Waals surface area contributed by atoms with Crippen LogP contribution in [0.15, 0.2) is 84.9 Å². The third kappa shape index (κ3) is 1.85. The molecule has 1 heterocycles. The molecule has 0 spiro atoms. The summed E-state index contributed by atoms with van der Waals surface area (Å²) in [6.07, 6.45) is 1.04. The van der Waals surface area contributed by atoms with E-state index >= 15 is 0 Å². The van der Waals surface area contributed by atoms with E-state index in [0.717, 1.165) is 6.42 Å². The van der Waals surface area contributed by atoms with E-state index < -0.39 is 0 Å². The van der Waals surface area contributed by atoms with Crippen LogP contribution < -0.4 is 0 Å². The van der Waals surface area contributed by atoms with E-state index in [1.807, 2.05) is 11.3 Å². The predicted octanol–water partition coefficient (Wildman–Crippen LogP) is 7.93. The van der Waals surface area contributed by atoms with Crippen molar-refractivity contribution in [3.05, 3.63) is 96.1 Å². The predicted molar refractivity (Wildman–Crippen MR) is 123 cm³/mol. The molecule has 6 aromatic rings. The highest BCUT2D eigenvalue weighted by molar-refractivity contribution is 7.26. The quantitative estimate of drug-likeness (QED) is 0.253. The minimum atomic E-state index is 1.04. The summed E-state index contributed by atoms with van der Waals surface area (Å²) in [7, 11) is 0. The van der Waals surface area contributed by atoms with Gasteiger partial charge in [-0.2, -0.15) is 0 Å². The molecule has 28 heavy (non-hydrogen) atoms. The fraction of sp³-hybridized carbons (Fsp3) is 0.0370. The van der Waals surface area contributed by atoms with E-state index in [-0.39, 0.29) is 0 Å². The van der Waals surface area contributed by atoms with Crippen molar-refractivity contribution in [1.29, 1.82) is 0 Å². The van der Waals surface area contributed by atoms with E-state index in [4.69, 9.17) is 0 Å². The average molecular weight is 372 g/mol. The molecule has 0 radical (unpaired) electrons. The van der Waals surface area contributed by atoms with Gasteiger partial charge in [0.05, 0.1) is 0 Å². The van der Waals surface area contributed by atoms with E-state index in [2.05, 4.69) is 84.9 Å². The molecule has 0 saturated carbocycles. The summed E-state index contributed by atoms with van der Waals surface area (Å²) in [4.78, 5) is 0. The first kappa shape index (κ1) is 14.8. The molecule has 1 aromatic heterocycles. The summed E-state index contributed by atoms with van der Waals surface area (Å²) in [5, 5.41) is 8.20. The molecule has 5 aromatic carbocycles. The molecule has 0 unspecified atom stereocenters. The van der Waals surface area contributed by atoms with Gasteiger partial charge in [0.2, 0.25) is 0 Å². The molecule has 130 valence electrons. The normalized spacial score (nSPS) is 12.9. The van der Waals surface area contributed by atoms with Gasteiger partial charge in [-0.15, -0.1) is 11.3 Å². The molecule has 0 bridgehead atoms. The first-order chi connectivity index (χ1) is 13.9. The van der Waals surface area contributed by atoms with Crippen molar-refractivity contribution >= 4 is 53.1 Å².